The van der Waals surface area contributed by atoms with Crippen molar-refractivity contribution in [2.45, 2.75) is 59.2 Å². The van der Waals surface area contributed by atoms with Gasteiger partial charge in [-0.1, -0.05) is 37.7 Å². The van der Waals surface area contributed by atoms with Crippen molar-refractivity contribution in [1.82, 2.24) is 19.8 Å². The molecule has 7 nitrogen and oxygen atoms in total. The summed E-state index contributed by atoms with van der Waals surface area (Å²) in [5.41, 5.74) is 3.06. The van der Waals surface area contributed by atoms with Gasteiger partial charge < -0.3 is 19.9 Å². The van der Waals surface area contributed by atoms with E-state index in [-0.39, 0.29) is 41.3 Å². The summed E-state index contributed by atoms with van der Waals surface area (Å²) in [5.74, 6) is -1.66. The highest BCUT2D eigenvalue weighted by atomic mass is 35.5. The molecule has 1 atom stereocenters. The highest BCUT2D eigenvalue weighted by Crippen LogP contribution is 2.34. The summed E-state index contributed by atoms with van der Waals surface area (Å²) in [4.78, 5) is 29.1. The molecule has 0 bridgehead atoms. The zero-order valence-electron chi connectivity index (χ0n) is 26.1. The molecule has 0 aliphatic heterocycles. The van der Waals surface area contributed by atoms with Crippen LogP contribution < -0.4 is 5.32 Å². The molecule has 2 N–H and O–H groups in total. The average Bonchev–Trinajstić information content (AvgIpc) is 2.90. The topological polar surface area (TPSA) is 87.5 Å². The van der Waals surface area contributed by atoms with Crippen LogP contribution in [0.3, 0.4) is 0 Å². The minimum absolute atomic E-state index is 0.0619. The van der Waals surface area contributed by atoms with E-state index in [2.05, 4.69) is 10.3 Å². The predicted molar refractivity (Wildman–Crippen MR) is 170 cm³/mol. The van der Waals surface area contributed by atoms with Crippen molar-refractivity contribution in [3.63, 3.8) is 0 Å². The van der Waals surface area contributed by atoms with Crippen LogP contribution in [-0.2, 0) is 22.2 Å². The van der Waals surface area contributed by atoms with Crippen LogP contribution in [0.2, 0.25) is 5.15 Å². The van der Waals surface area contributed by atoms with Gasteiger partial charge in [0.1, 0.15) is 21.7 Å². The molecular weight excluding hydrogens is 632 g/mol. The molecule has 2 aromatic heterocycles. The molecule has 0 aliphatic carbocycles. The molecule has 3 rings (SSSR count). The van der Waals surface area contributed by atoms with E-state index in [1.807, 2.05) is 33.8 Å². The van der Waals surface area contributed by atoms with Gasteiger partial charge in [-0.3, -0.25) is 9.59 Å². The van der Waals surface area contributed by atoms with E-state index in [1.165, 1.54) is 22.9 Å². The van der Waals surface area contributed by atoms with Crippen molar-refractivity contribution >= 4 is 35.7 Å². The van der Waals surface area contributed by atoms with Crippen LogP contribution in [0.1, 0.15) is 55.0 Å². The van der Waals surface area contributed by atoms with Crippen LogP contribution >= 0.6 is 23.8 Å². The number of rotatable bonds is 11. The van der Waals surface area contributed by atoms with Crippen LogP contribution in [0.5, 0.6) is 0 Å². The van der Waals surface area contributed by atoms with Gasteiger partial charge in [-0.2, -0.15) is 13.2 Å². The number of carboxylic acids is 1. The number of halogens is 5. The molecule has 2 heterocycles. The van der Waals surface area contributed by atoms with Crippen molar-refractivity contribution in [3.8, 4) is 11.1 Å². The quantitative estimate of drug-likeness (QED) is 0.124. The van der Waals surface area contributed by atoms with Crippen molar-refractivity contribution in [2.75, 3.05) is 27.2 Å². The summed E-state index contributed by atoms with van der Waals surface area (Å²) in [6, 6.07) is 6.79. The SMILES string of the molecule is CC(C)CC(C(=O)NCCC(=O)O)n1cc(CCN(C)C)c(C(F)(F)F)cc1=S.Cc1cc(F)cc(C)c1-c1ccnc(Cl)c1. The third-order valence-corrected chi connectivity index (χ3v) is 7.32. The van der Waals surface area contributed by atoms with Crippen LogP contribution in [0.15, 0.2) is 42.7 Å². The standard InChI is InChI=1S/C19H28F3N3O3S.C13H11ClFN/c1-12(2)9-15(18(28)23-7-5-17(26)27)25-11-13(6-8-24(3)4)14(10-16(25)29)19(20,21)22;1-8-5-11(15)6-9(2)13(8)10-3-4-16-12(14)7-10/h10-12,15H,5-9H2,1-4H3,(H,23,28)(H,26,27);3-7H,1-2H3. The number of benzene rings is 1. The number of aryl methyl sites for hydroxylation is 2. The average molecular weight is 671 g/mol. The fourth-order valence-electron chi connectivity index (χ4n) is 4.77. The number of carbonyl (C=O) groups is 2. The number of carbonyl (C=O) groups excluding carboxylic acids is 1. The Morgan fingerprint density at radius 2 is 1.76 bits per heavy atom. The third-order valence-electron chi connectivity index (χ3n) is 6.78. The van der Waals surface area contributed by atoms with E-state index in [9.17, 15) is 27.2 Å². The second kappa shape index (κ2) is 16.8. The lowest BCUT2D eigenvalue weighted by atomic mass is 9.96. The lowest BCUT2D eigenvalue weighted by Gasteiger charge is -2.24. The van der Waals surface area contributed by atoms with Gasteiger partial charge in [0, 0.05) is 25.5 Å². The van der Waals surface area contributed by atoms with Gasteiger partial charge in [-0.05, 0) is 105 Å². The van der Waals surface area contributed by atoms with E-state index in [1.54, 1.807) is 31.3 Å². The number of hydrogen-bond donors (Lipinski definition) is 2. The summed E-state index contributed by atoms with van der Waals surface area (Å²) in [6.07, 6.45) is -1.32. The first-order chi connectivity index (χ1) is 20.9. The van der Waals surface area contributed by atoms with E-state index >= 15 is 0 Å². The van der Waals surface area contributed by atoms with Crippen LogP contribution in [0.25, 0.3) is 11.1 Å². The van der Waals surface area contributed by atoms with E-state index in [4.69, 9.17) is 28.9 Å². The summed E-state index contributed by atoms with van der Waals surface area (Å²) < 4.78 is 54.9. The fourth-order valence-corrected chi connectivity index (χ4v) is 5.24. The maximum atomic E-state index is 13.5. The Morgan fingerprint density at radius 3 is 2.27 bits per heavy atom. The first-order valence-corrected chi connectivity index (χ1v) is 15.0. The maximum absolute atomic E-state index is 13.5. The molecule has 0 saturated carbocycles. The Balaban J connectivity index is 0.000000368. The Morgan fingerprint density at radius 1 is 1.13 bits per heavy atom. The predicted octanol–water partition coefficient (Wildman–Crippen LogP) is 7.68. The summed E-state index contributed by atoms with van der Waals surface area (Å²) in [6.45, 7) is 7.89. The normalized spacial score (nSPS) is 12.1. The highest BCUT2D eigenvalue weighted by Gasteiger charge is 2.34. The molecular formula is C32H39ClF4N4O3S. The number of carboxylic acid groups (broad SMARTS) is 1. The first kappa shape index (κ1) is 37.8. The van der Waals surface area contributed by atoms with Gasteiger partial charge in [-0.15, -0.1) is 0 Å². The molecule has 0 spiro atoms. The minimum atomic E-state index is -4.55. The molecule has 13 heteroatoms. The third kappa shape index (κ3) is 11.8. The van der Waals surface area contributed by atoms with Crippen molar-refractivity contribution in [1.29, 1.82) is 0 Å². The van der Waals surface area contributed by atoms with Crippen LogP contribution in [0, 0.1) is 30.2 Å². The molecule has 246 valence electrons. The zero-order chi connectivity index (χ0) is 34.1. The second-order valence-electron chi connectivity index (χ2n) is 11.4. The van der Waals surface area contributed by atoms with Crippen molar-refractivity contribution in [2.24, 2.45) is 5.92 Å². The number of hydrogen-bond acceptors (Lipinski definition) is 5. The number of amides is 1. The van der Waals surface area contributed by atoms with E-state index < -0.39 is 29.7 Å². The first-order valence-electron chi connectivity index (χ1n) is 14.3. The van der Waals surface area contributed by atoms with Gasteiger partial charge in [-0.25, -0.2) is 9.37 Å². The number of likely N-dealkylation sites (N-methyl/N-ethyl adjacent to an activating group) is 1. The van der Waals surface area contributed by atoms with Gasteiger partial charge in [0.05, 0.1) is 12.0 Å². The lowest BCUT2D eigenvalue weighted by Crippen LogP contribution is -2.35. The van der Waals surface area contributed by atoms with Crippen molar-refractivity contribution < 1.29 is 32.3 Å². The Labute approximate surface area is 271 Å². The Kier molecular flexibility index (Phi) is 14.1. The minimum Gasteiger partial charge on any atom is -0.481 e. The molecule has 0 aliphatic rings. The van der Waals surface area contributed by atoms with Gasteiger partial charge >= 0.3 is 12.1 Å². The Hall–Kier alpha value is -3.35. The number of nitrogens with one attached hydrogen (secondary N) is 1. The second-order valence-corrected chi connectivity index (χ2v) is 12.2. The highest BCUT2D eigenvalue weighted by molar-refractivity contribution is 7.71. The molecule has 0 radical (unpaired) electrons. The lowest BCUT2D eigenvalue weighted by molar-refractivity contribution is -0.138. The summed E-state index contributed by atoms with van der Waals surface area (Å²) in [5, 5.41) is 11.7. The van der Waals surface area contributed by atoms with Gasteiger partial charge in [0.25, 0.3) is 0 Å². The largest absolute Gasteiger partial charge is 0.481 e. The molecule has 3 aromatic rings. The molecule has 1 amide bonds. The number of nitrogens with zero attached hydrogens (tertiary/aromatic N) is 3. The molecule has 0 saturated heterocycles. The monoisotopic (exact) mass is 670 g/mol. The maximum Gasteiger partial charge on any atom is 0.416 e. The van der Waals surface area contributed by atoms with Crippen LogP contribution in [-0.4, -0.2) is 58.6 Å². The fraction of sp³-hybridized carbons (Fsp3) is 0.438. The number of aliphatic carboxylic acids is 1. The molecule has 1 unspecified atom stereocenters. The van der Waals surface area contributed by atoms with Gasteiger partial charge in [0.15, 0.2) is 0 Å². The Bertz CT molecular complexity index is 1520. The number of aromatic nitrogens is 2. The summed E-state index contributed by atoms with van der Waals surface area (Å²) >= 11 is 11.0. The van der Waals surface area contributed by atoms with Crippen molar-refractivity contribution in [3.05, 3.63) is 80.6 Å². The molecule has 0 fully saturated rings. The number of pyridine rings is 2. The van der Waals surface area contributed by atoms with Crippen LogP contribution in [0.4, 0.5) is 17.6 Å². The summed E-state index contributed by atoms with van der Waals surface area (Å²) in [7, 11) is 3.53. The zero-order valence-corrected chi connectivity index (χ0v) is 27.7. The van der Waals surface area contributed by atoms with E-state index in [0.29, 0.717) is 18.1 Å². The van der Waals surface area contributed by atoms with Gasteiger partial charge in [0.2, 0.25) is 5.91 Å². The molecule has 1 aromatic carbocycles. The van der Waals surface area contributed by atoms with E-state index in [0.717, 1.165) is 28.3 Å². The number of alkyl halides is 3. The smallest absolute Gasteiger partial charge is 0.416 e. The molecule has 45 heavy (non-hydrogen) atoms.